The van der Waals surface area contributed by atoms with Gasteiger partial charge < -0.3 is 9.47 Å². The van der Waals surface area contributed by atoms with Crippen LogP contribution in [0.2, 0.25) is 0 Å². The zero-order chi connectivity index (χ0) is 22.3. The van der Waals surface area contributed by atoms with Crippen molar-refractivity contribution in [1.29, 1.82) is 0 Å². The van der Waals surface area contributed by atoms with Crippen molar-refractivity contribution in [3.63, 3.8) is 0 Å². The molecule has 2 rings (SSSR count). The van der Waals surface area contributed by atoms with Gasteiger partial charge in [0.1, 0.15) is 0 Å². The van der Waals surface area contributed by atoms with Gasteiger partial charge >= 0.3 is 5.69 Å². The summed E-state index contributed by atoms with van der Waals surface area (Å²) in [7, 11) is -0.0827. The topological polar surface area (TPSA) is 93.4 Å². The van der Waals surface area contributed by atoms with Gasteiger partial charge in [0.25, 0.3) is 5.56 Å². The van der Waals surface area contributed by atoms with E-state index in [-0.39, 0.29) is 11.2 Å². The van der Waals surface area contributed by atoms with E-state index in [2.05, 4.69) is 16.5 Å². The second-order valence-corrected chi connectivity index (χ2v) is 9.39. The molecule has 0 saturated carbocycles. The molecule has 0 saturated heterocycles. The first kappa shape index (κ1) is 23.9. The maximum atomic E-state index is 12.0. The summed E-state index contributed by atoms with van der Waals surface area (Å²) in [6.45, 7) is 4.89. The van der Waals surface area contributed by atoms with Gasteiger partial charge in [0.2, 0.25) is 10.0 Å². The highest BCUT2D eigenvalue weighted by molar-refractivity contribution is 7.92. The third-order valence-electron chi connectivity index (χ3n) is 5.05. The van der Waals surface area contributed by atoms with Crippen LogP contribution in [-0.2, 0) is 37.0 Å². The second-order valence-electron chi connectivity index (χ2n) is 7.64. The van der Waals surface area contributed by atoms with E-state index in [1.54, 1.807) is 19.2 Å². The van der Waals surface area contributed by atoms with Crippen molar-refractivity contribution in [3.05, 3.63) is 62.4 Å². The number of anilines is 1. The van der Waals surface area contributed by atoms with Crippen molar-refractivity contribution in [1.82, 2.24) is 14.0 Å². The lowest BCUT2D eigenvalue weighted by Gasteiger charge is -2.22. The van der Waals surface area contributed by atoms with E-state index < -0.39 is 10.0 Å². The molecule has 1 aromatic heterocycles. The highest BCUT2D eigenvalue weighted by Crippen LogP contribution is 2.12. The molecule has 0 aliphatic carbocycles. The summed E-state index contributed by atoms with van der Waals surface area (Å²) in [5.41, 5.74) is 1.90. The number of aryl methyl sites for hydroxylation is 1. The SMILES string of the molecule is CCCN(CCCc1cc(=O)n(C)c(=O)n1C)CCc1ccc(NS(C)(=O)=O)cc1. The Morgan fingerprint density at radius 3 is 2.23 bits per heavy atom. The Hall–Kier alpha value is -2.39. The predicted octanol–water partition coefficient (Wildman–Crippen LogP) is 1.34. The van der Waals surface area contributed by atoms with Gasteiger partial charge in [-0.25, -0.2) is 13.2 Å². The van der Waals surface area contributed by atoms with Gasteiger partial charge in [0.15, 0.2) is 0 Å². The molecule has 30 heavy (non-hydrogen) atoms. The van der Waals surface area contributed by atoms with E-state index in [1.165, 1.54) is 17.7 Å². The summed E-state index contributed by atoms with van der Waals surface area (Å²) in [5, 5.41) is 0. The standard InChI is InChI=1S/C21H32N4O4S/c1-5-13-25(14-6-7-19-16-20(26)24(3)21(27)23(19)2)15-12-17-8-10-18(11-9-17)22-30(4,28)29/h8-11,16,22H,5-7,12-15H2,1-4H3. The molecule has 0 spiro atoms. The van der Waals surface area contributed by atoms with Crippen LogP contribution in [0.3, 0.4) is 0 Å². The number of aromatic nitrogens is 2. The first-order chi connectivity index (χ1) is 14.1. The van der Waals surface area contributed by atoms with Gasteiger partial charge in [-0.3, -0.25) is 14.1 Å². The molecule has 1 heterocycles. The van der Waals surface area contributed by atoms with E-state index in [0.29, 0.717) is 12.1 Å². The zero-order valence-corrected chi connectivity index (χ0v) is 19.0. The van der Waals surface area contributed by atoms with Crippen molar-refractivity contribution in [2.45, 2.75) is 32.6 Å². The Labute approximate surface area is 178 Å². The largest absolute Gasteiger partial charge is 0.330 e. The van der Waals surface area contributed by atoms with Crippen LogP contribution >= 0.6 is 0 Å². The Balaban J connectivity index is 1.91. The van der Waals surface area contributed by atoms with Gasteiger partial charge in [-0.1, -0.05) is 19.1 Å². The number of nitrogens with zero attached hydrogens (tertiary/aromatic N) is 3. The number of rotatable bonds is 11. The zero-order valence-electron chi connectivity index (χ0n) is 18.2. The van der Waals surface area contributed by atoms with Crippen molar-refractivity contribution in [3.8, 4) is 0 Å². The van der Waals surface area contributed by atoms with Gasteiger partial charge in [0.05, 0.1) is 6.26 Å². The van der Waals surface area contributed by atoms with Gasteiger partial charge in [-0.05, 0) is 56.5 Å². The number of hydrogen-bond acceptors (Lipinski definition) is 5. The van der Waals surface area contributed by atoms with Crippen LogP contribution in [0.25, 0.3) is 0 Å². The quantitative estimate of drug-likeness (QED) is 0.574. The average Bonchev–Trinajstić information content (AvgIpc) is 2.68. The molecule has 0 bridgehead atoms. The maximum Gasteiger partial charge on any atom is 0.330 e. The number of benzene rings is 1. The molecule has 0 atom stereocenters. The predicted molar refractivity (Wildman–Crippen MR) is 121 cm³/mol. The first-order valence-corrected chi connectivity index (χ1v) is 12.0. The van der Waals surface area contributed by atoms with Crippen LogP contribution in [-0.4, -0.2) is 48.3 Å². The summed E-state index contributed by atoms with van der Waals surface area (Å²) in [6.07, 6.45) is 4.57. The van der Waals surface area contributed by atoms with Crippen LogP contribution in [0.5, 0.6) is 0 Å². The maximum absolute atomic E-state index is 12.0. The lowest BCUT2D eigenvalue weighted by Crippen LogP contribution is -2.38. The van der Waals surface area contributed by atoms with E-state index in [4.69, 9.17) is 0 Å². The lowest BCUT2D eigenvalue weighted by atomic mass is 10.1. The van der Waals surface area contributed by atoms with E-state index in [1.807, 2.05) is 12.1 Å². The summed E-state index contributed by atoms with van der Waals surface area (Å²) >= 11 is 0. The molecule has 0 aliphatic heterocycles. The van der Waals surface area contributed by atoms with Gasteiger partial charge in [-0.15, -0.1) is 0 Å². The molecular formula is C21H32N4O4S. The number of hydrogen-bond donors (Lipinski definition) is 1. The molecule has 0 radical (unpaired) electrons. The summed E-state index contributed by atoms with van der Waals surface area (Å²) < 4.78 is 27.7. The van der Waals surface area contributed by atoms with Crippen molar-refractivity contribution < 1.29 is 8.42 Å². The van der Waals surface area contributed by atoms with Crippen molar-refractivity contribution in [2.75, 3.05) is 30.6 Å². The van der Waals surface area contributed by atoms with Gasteiger partial charge in [-0.2, -0.15) is 0 Å². The smallest absolute Gasteiger partial charge is 0.303 e. The molecule has 0 amide bonds. The minimum Gasteiger partial charge on any atom is -0.303 e. The van der Waals surface area contributed by atoms with Crippen LogP contribution in [0.4, 0.5) is 5.69 Å². The minimum atomic E-state index is -3.27. The molecule has 9 heteroatoms. The first-order valence-electron chi connectivity index (χ1n) is 10.2. The van der Waals surface area contributed by atoms with E-state index in [9.17, 15) is 18.0 Å². The molecular weight excluding hydrogens is 404 g/mol. The highest BCUT2D eigenvalue weighted by atomic mass is 32.2. The van der Waals surface area contributed by atoms with Crippen molar-refractivity contribution >= 4 is 15.7 Å². The van der Waals surface area contributed by atoms with Crippen LogP contribution in [0.1, 0.15) is 31.0 Å². The normalized spacial score (nSPS) is 11.8. The molecule has 166 valence electrons. The van der Waals surface area contributed by atoms with E-state index >= 15 is 0 Å². The lowest BCUT2D eigenvalue weighted by molar-refractivity contribution is 0.273. The molecule has 1 N–H and O–H groups in total. The van der Waals surface area contributed by atoms with Gasteiger partial charge in [0, 0.05) is 38.1 Å². The highest BCUT2D eigenvalue weighted by Gasteiger charge is 2.09. The average molecular weight is 437 g/mol. The Kier molecular flexibility index (Phi) is 8.43. The number of sulfonamides is 1. The summed E-state index contributed by atoms with van der Waals surface area (Å²) in [6, 6.07) is 8.96. The fourth-order valence-electron chi connectivity index (χ4n) is 3.39. The molecule has 0 aliphatic rings. The third kappa shape index (κ3) is 7.14. The summed E-state index contributed by atoms with van der Waals surface area (Å²) in [5.74, 6) is 0. The molecule has 1 aromatic carbocycles. The monoisotopic (exact) mass is 436 g/mol. The Morgan fingerprint density at radius 2 is 1.63 bits per heavy atom. The summed E-state index contributed by atoms with van der Waals surface area (Å²) in [4.78, 5) is 26.3. The fraction of sp³-hybridized carbons (Fsp3) is 0.524. The fourth-order valence-corrected chi connectivity index (χ4v) is 3.96. The van der Waals surface area contributed by atoms with Crippen LogP contribution in [0, 0.1) is 0 Å². The Morgan fingerprint density at radius 1 is 0.967 bits per heavy atom. The molecule has 2 aromatic rings. The number of nitrogens with one attached hydrogen (secondary N) is 1. The minimum absolute atomic E-state index is 0.271. The van der Waals surface area contributed by atoms with E-state index in [0.717, 1.165) is 61.0 Å². The molecule has 0 fully saturated rings. The Bertz CT molecular complexity index is 1060. The third-order valence-corrected chi connectivity index (χ3v) is 5.65. The van der Waals surface area contributed by atoms with Crippen LogP contribution in [0.15, 0.2) is 39.9 Å². The second kappa shape index (κ2) is 10.6. The molecule has 0 unspecified atom stereocenters. The molecule has 8 nitrogen and oxygen atoms in total. The van der Waals surface area contributed by atoms with Crippen LogP contribution < -0.4 is 16.0 Å². The van der Waals surface area contributed by atoms with Crippen molar-refractivity contribution in [2.24, 2.45) is 14.1 Å².